The Labute approximate surface area is 107 Å². The highest BCUT2D eigenvalue weighted by Gasteiger charge is 2.12. The Morgan fingerprint density at radius 3 is 2.47 bits per heavy atom. The van der Waals surface area contributed by atoms with Crippen molar-refractivity contribution in [3.63, 3.8) is 0 Å². The van der Waals surface area contributed by atoms with Gasteiger partial charge in [-0.05, 0) is 37.3 Å². The average Bonchev–Trinajstić information content (AvgIpc) is 2.35. The van der Waals surface area contributed by atoms with Gasteiger partial charge in [-0.15, -0.1) is 11.8 Å². The van der Waals surface area contributed by atoms with Gasteiger partial charge < -0.3 is 10.6 Å². The SMILES string of the molecule is CSc1ccc(CCN(C)C(=O)C(C)N)cc1. The fourth-order valence-corrected chi connectivity index (χ4v) is 1.96. The molecule has 0 aromatic heterocycles. The van der Waals surface area contributed by atoms with Gasteiger partial charge in [0, 0.05) is 18.5 Å². The van der Waals surface area contributed by atoms with Crippen LogP contribution in [0.5, 0.6) is 0 Å². The van der Waals surface area contributed by atoms with Gasteiger partial charge in [0.1, 0.15) is 0 Å². The van der Waals surface area contributed by atoms with Crippen LogP contribution in [0.1, 0.15) is 12.5 Å². The molecule has 94 valence electrons. The summed E-state index contributed by atoms with van der Waals surface area (Å²) >= 11 is 1.73. The van der Waals surface area contributed by atoms with E-state index in [1.807, 2.05) is 0 Å². The molecule has 1 aromatic carbocycles. The molecule has 0 radical (unpaired) electrons. The van der Waals surface area contributed by atoms with Gasteiger partial charge in [-0.2, -0.15) is 0 Å². The highest BCUT2D eigenvalue weighted by atomic mass is 32.2. The zero-order valence-electron chi connectivity index (χ0n) is 10.6. The summed E-state index contributed by atoms with van der Waals surface area (Å²) in [6.07, 6.45) is 2.92. The molecular formula is C13H20N2OS. The van der Waals surface area contributed by atoms with Crippen LogP contribution in [-0.2, 0) is 11.2 Å². The Bertz CT molecular complexity index is 362. The van der Waals surface area contributed by atoms with E-state index in [1.165, 1.54) is 10.5 Å². The molecule has 1 rings (SSSR count). The number of likely N-dealkylation sites (N-methyl/N-ethyl adjacent to an activating group) is 1. The molecule has 0 aliphatic rings. The van der Waals surface area contributed by atoms with Crippen molar-refractivity contribution >= 4 is 17.7 Å². The molecule has 4 heteroatoms. The van der Waals surface area contributed by atoms with Gasteiger partial charge in [-0.1, -0.05) is 12.1 Å². The number of hydrogen-bond donors (Lipinski definition) is 1. The van der Waals surface area contributed by atoms with Crippen molar-refractivity contribution in [1.82, 2.24) is 4.90 Å². The topological polar surface area (TPSA) is 46.3 Å². The van der Waals surface area contributed by atoms with E-state index >= 15 is 0 Å². The minimum absolute atomic E-state index is 0.00858. The van der Waals surface area contributed by atoms with Crippen LogP contribution in [0.4, 0.5) is 0 Å². The Hall–Kier alpha value is -1.00. The minimum Gasteiger partial charge on any atom is -0.344 e. The summed E-state index contributed by atoms with van der Waals surface area (Å²) in [6.45, 7) is 2.42. The van der Waals surface area contributed by atoms with Gasteiger partial charge >= 0.3 is 0 Å². The number of benzene rings is 1. The number of amides is 1. The van der Waals surface area contributed by atoms with Crippen molar-refractivity contribution in [3.05, 3.63) is 29.8 Å². The number of rotatable bonds is 5. The van der Waals surface area contributed by atoms with Crippen LogP contribution in [0.3, 0.4) is 0 Å². The summed E-state index contributed by atoms with van der Waals surface area (Å²) in [5.41, 5.74) is 6.79. The third-order valence-corrected chi connectivity index (χ3v) is 3.40. The molecule has 0 saturated carbocycles. The first-order valence-electron chi connectivity index (χ1n) is 5.68. The second kappa shape index (κ2) is 6.67. The first-order valence-corrected chi connectivity index (χ1v) is 6.90. The van der Waals surface area contributed by atoms with E-state index < -0.39 is 6.04 Å². The molecule has 3 nitrogen and oxygen atoms in total. The average molecular weight is 252 g/mol. The molecule has 0 aliphatic heterocycles. The molecule has 1 unspecified atom stereocenters. The molecule has 0 bridgehead atoms. The summed E-state index contributed by atoms with van der Waals surface area (Å²) in [5.74, 6) is -0.00858. The highest BCUT2D eigenvalue weighted by Crippen LogP contribution is 2.15. The van der Waals surface area contributed by atoms with E-state index in [-0.39, 0.29) is 5.91 Å². The van der Waals surface area contributed by atoms with Crippen molar-refractivity contribution < 1.29 is 4.79 Å². The summed E-state index contributed by atoms with van der Waals surface area (Å²) in [6, 6.07) is 8.01. The van der Waals surface area contributed by atoms with Crippen LogP contribution in [0.25, 0.3) is 0 Å². The fraction of sp³-hybridized carbons (Fsp3) is 0.462. The predicted molar refractivity (Wildman–Crippen MR) is 73.2 cm³/mol. The normalized spacial score (nSPS) is 12.2. The standard InChI is InChI=1S/C13H20N2OS/c1-10(14)13(16)15(2)9-8-11-4-6-12(17-3)7-5-11/h4-7,10H,8-9,14H2,1-3H3. The Kier molecular flexibility index (Phi) is 5.51. The fourth-order valence-electron chi connectivity index (χ4n) is 1.55. The molecule has 1 atom stereocenters. The van der Waals surface area contributed by atoms with Gasteiger partial charge in [0.2, 0.25) is 5.91 Å². The molecule has 2 N–H and O–H groups in total. The first kappa shape index (κ1) is 14.1. The number of carbonyl (C=O) groups excluding carboxylic acids is 1. The van der Waals surface area contributed by atoms with E-state index in [0.29, 0.717) is 6.54 Å². The first-order chi connectivity index (χ1) is 8.04. The lowest BCUT2D eigenvalue weighted by molar-refractivity contribution is -0.130. The van der Waals surface area contributed by atoms with Crippen LogP contribution in [0.15, 0.2) is 29.2 Å². The molecule has 0 saturated heterocycles. The monoisotopic (exact) mass is 252 g/mol. The maximum atomic E-state index is 11.6. The summed E-state index contributed by atoms with van der Waals surface area (Å²) in [7, 11) is 1.79. The van der Waals surface area contributed by atoms with Crippen LogP contribution >= 0.6 is 11.8 Å². The Morgan fingerprint density at radius 1 is 1.41 bits per heavy atom. The van der Waals surface area contributed by atoms with Crippen LogP contribution in [-0.4, -0.2) is 36.7 Å². The van der Waals surface area contributed by atoms with Gasteiger partial charge in [0.05, 0.1) is 6.04 Å². The molecular weight excluding hydrogens is 232 g/mol. The van der Waals surface area contributed by atoms with Gasteiger partial charge in [-0.3, -0.25) is 4.79 Å². The third-order valence-electron chi connectivity index (χ3n) is 2.66. The third kappa shape index (κ3) is 4.40. The zero-order valence-corrected chi connectivity index (χ0v) is 11.5. The molecule has 0 aliphatic carbocycles. The van der Waals surface area contributed by atoms with Gasteiger partial charge in [0.25, 0.3) is 0 Å². The number of nitrogens with two attached hydrogens (primary N) is 1. The van der Waals surface area contributed by atoms with E-state index in [2.05, 4.69) is 30.5 Å². The van der Waals surface area contributed by atoms with Crippen molar-refractivity contribution in [2.45, 2.75) is 24.3 Å². The van der Waals surface area contributed by atoms with E-state index in [0.717, 1.165) is 6.42 Å². The quantitative estimate of drug-likeness (QED) is 0.812. The Balaban J connectivity index is 2.47. The van der Waals surface area contributed by atoms with Crippen molar-refractivity contribution in [3.8, 4) is 0 Å². The van der Waals surface area contributed by atoms with Gasteiger partial charge in [0.15, 0.2) is 0 Å². The predicted octanol–water partition coefficient (Wildman–Crippen LogP) is 1.76. The maximum Gasteiger partial charge on any atom is 0.238 e. The molecule has 0 fully saturated rings. The van der Waals surface area contributed by atoms with E-state index in [4.69, 9.17) is 5.73 Å². The van der Waals surface area contributed by atoms with Crippen LogP contribution in [0.2, 0.25) is 0 Å². The number of hydrogen-bond acceptors (Lipinski definition) is 3. The minimum atomic E-state index is -0.418. The highest BCUT2D eigenvalue weighted by molar-refractivity contribution is 7.98. The molecule has 0 spiro atoms. The number of thioether (sulfide) groups is 1. The lowest BCUT2D eigenvalue weighted by Gasteiger charge is -2.19. The summed E-state index contributed by atoms with van der Waals surface area (Å²) in [4.78, 5) is 14.5. The number of carbonyl (C=O) groups is 1. The van der Waals surface area contributed by atoms with Crippen LogP contribution in [0, 0.1) is 0 Å². The largest absolute Gasteiger partial charge is 0.344 e. The van der Waals surface area contributed by atoms with Crippen molar-refractivity contribution in [2.24, 2.45) is 5.73 Å². The lowest BCUT2D eigenvalue weighted by atomic mass is 10.1. The zero-order chi connectivity index (χ0) is 12.8. The number of nitrogens with zero attached hydrogens (tertiary/aromatic N) is 1. The second-order valence-corrected chi connectivity index (χ2v) is 5.03. The second-order valence-electron chi connectivity index (χ2n) is 4.15. The molecule has 0 heterocycles. The summed E-state index contributed by atoms with van der Waals surface area (Å²) < 4.78 is 0. The van der Waals surface area contributed by atoms with Crippen molar-refractivity contribution in [2.75, 3.05) is 19.8 Å². The summed E-state index contributed by atoms with van der Waals surface area (Å²) in [5, 5.41) is 0. The molecule has 1 aromatic rings. The van der Waals surface area contributed by atoms with E-state index in [9.17, 15) is 4.79 Å². The van der Waals surface area contributed by atoms with Crippen LogP contribution < -0.4 is 5.73 Å². The van der Waals surface area contributed by atoms with E-state index in [1.54, 1.807) is 30.6 Å². The smallest absolute Gasteiger partial charge is 0.238 e. The van der Waals surface area contributed by atoms with Crippen molar-refractivity contribution in [1.29, 1.82) is 0 Å². The molecule has 17 heavy (non-hydrogen) atoms. The Morgan fingerprint density at radius 2 is 2.00 bits per heavy atom. The van der Waals surface area contributed by atoms with Gasteiger partial charge in [-0.25, -0.2) is 0 Å². The lowest BCUT2D eigenvalue weighted by Crippen LogP contribution is -2.40. The molecule has 1 amide bonds. The maximum absolute atomic E-state index is 11.6.